The monoisotopic (exact) mass is 356 g/mol. The van der Waals surface area contributed by atoms with E-state index in [0.29, 0.717) is 23.0 Å². The molecule has 3 aromatic heterocycles. The number of nitrogen functional groups attached to an aromatic ring is 1. The molecule has 0 aliphatic carbocycles. The predicted octanol–water partition coefficient (Wildman–Crippen LogP) is 2.06. The first-order valence-corrected chi connectivity index (χ1v) is 8.49. The molecule has 0 amide bonds. The minimum absolute atomic E-state index is 0.134. The summed E-state index contributed by atoms with van der Waals surface area (Å²) in [6.45, 7) is 1.52. The maximum absolute atomic E-state index is 12.3. The molecule has 4 rings (SSSR count). The fraction of sp³-hybridized carbons (Fsp3) is 0.294. The van der Waals surface area contributed by atoms with Crippen LogP contribution in [0.3, 0.4) is 0 Å². The Balaban J connectivity index is 1.62. The van der Waals surface area contributed by atoms with Gasteiger partial charge >= 0.3 is 0 Å². The molecular weight excluding hydrogens is 340 g/mol. The van der Waals surface area contributed by atoms with Gasteiger partial charge in [0.05, 0.1) is 22.5 Å². The number of fused-ring (bicyclic) bond motifs is 1. The van der Waals surface area contributed by atoms with Gasteiger partial charge < -0.3 is 5.73 Å². The summed E-state index contributed by atoms with van der Waals surface area (Å²) in [5.41, 5.74) is 7.72. The van der Waals surface area contributed by atoms with Crippen LogP contribution < -0.4 is 11.3 Å². The molecule has 0 spiro atoms. The number of nitrogens with zero attached hydrogens (tertiary/aromatic N) is 5. The van der Waals surface area contributed by atoms with Crippen LogP contribution in [0.2, 0.25) is 5.02 Å². The van der Waals surface area contributed by atoms with Crippen molar-refractivity contribution in [1.29, 1.82) is 0 Å². The number of hydrogen-bond acceptors (Lipinski definition) is 6. The summed E-state index contributed by atoms with van der Waals surface area (Å²) in [6.07, 6.45) is 3.65. The molecule has 0 aromatic carbocycles. The van der Waals surface area contributed by atoms with Gasteiger partial charge in [-0.3, -0.25) is 14.1 Å². The van der Waals surface area contributed by atoms with Gasteiger partial charge in [-0.15, -0.1) is 5.10 Å². The second-order valence-electron chi connectivity index (χ2n) is 6.17. The molecule has 1 saturated heterocycles. The number of pyridine rings is 1. The van der Waals surface area contributed by atoms with Crippen LogP contribution >= 0.6 is 11.6 Å². The molecule has 25 heavy (non-hydrogen) atoms. The van der Waals surface area contributed by atoms with E-state index >= 15 is 0 Å². The third-order valence-corrected chi connectivity index (χ3v) is 4.68. The normalized spacial score (nSPS) is 18.0. The molecule has 1 unspecified atom stereocenters. The Labute approximate surface area is 149 Å². The van der Waals surface area contributed by atoms with E-state index < -0.39 is 0 Å². The number of rotatable bonds is 3. The summed E-state index contributed by atoms with van der Waals surface area (Å²) < 4.78 is 1.46. The molecule has 2 N–H and O–H groups in total. The average molecular weight is 357 g/mol. The molecule has 0 radical (unpaired) electrons. The molecule has 1 atom stereocenters. The van der Waals surface area contributed by atoms with E-state index in [-0.39, 0.29) is 11.6 Å². The van der Waals surface area contributed by atoms with E-state index in [0.717, 1.165) is 30.8 Å². The Bertz CT molecular complexity index is 971. The first-order chi connectivity index (χ1) is 12.1. The Morgan fingerprint density at radius 3 is 2.92 bits per heavy atom. The van der Waals surface area contributed by atoms with E-state index in [9.17, 15) is 4.79 Å². The second kappa shape index (κ2) is 6.42. The number of aromatic nitrogens is 4. The number of nitrogens with two attached hydrogens (primary N) is 1. The quantitative estimate of drug-likeness (QED) is 0.772. The SMILES string of the molecule is Nc1ccc(C2CCCN2Cc2cc(=O)n3cc(Cl)ccc3n2)nn1. The molecule has 8 heteroatoms. The Morgan fingerprint density at radius 2 is 2.12 bits per heavy atom. The van der Waals surface area contributed by atoms with Gasteiger partial charge in [-0.25, -0.2) is 4.98 Å². The lowest BCUT2D eigenvalue weighted by atomic mass is 10.1. The lowest BCUT2D eigenvalue weighted by Gasteiger charge is -2.23. The van der Waals surface area contributed by atoms with Gasteiger partial charge in [0.2, 0.25) is 0 Å². The van der Waals surface area contributed by atoms with Gasteiger partial charge in [0.1, 0.15) is 11.5 Å². The van der Waals surface area contributed by atoms with E-state index in [2.05, 4.69) is 20.1 Å². The topological polar surface area (TPSA) is 89.4 Å². The van der Waals surface area contributed by atoms with Gasteiger partial charge in [0.15, 0.2) is 0 Å². The van der Waals surface area contributed by atoms with Crippen LogP contribution in [0.25, 0.3) is 5.65 Å². The second-order valence-corrected chi connectivity index (χ2v) is 6.61. The van der Waals surface area contributed by atoms with Crippen molar-refractivity contribution in [3.8, 4) is 0 Å². The van der Waals surface area contributed by atoms with Crippen molar-refractivity contribution < 1.29 is 0 Å². The van der Waals surface area contributed by atoms with Gasteiger partial charge in [-0.2, -0.15) is 5.10 Å². The zero-order chi connectivity index (χ0) is 17.4. The zero-order valence-electron chi connectivity index (χ0n) is 13.5. The van der Waals surface area contributed by atoms with Crippen molar-refractivity contribution in [1.82, 2.24) is 24.5 Å². The van der Waals surface area contributed by atoms with Crippen LogP contribution in [-0.2, 0) is 6.54 Å². The minimum atomic E-state index is -0.134. The third-order valence-electron chi connectivity index (χ3n) is 4.45. The van der Waals surface area contributed by atoms with Crippen molar-refractivity contribution in [2.75, 3.05) is 12.3 Å². The van der Waals surface area contributed by atoms with E-state index in [1.54, 1.807) is 30.5 Å². The zero-order valence-corrected chi connectivity index (χ0v) is 14.2. The molecule has 1 fully saturated rings. The average Bonchev–Trinajstić information content (AvgIpc) is 3.04. The summed E-state index contributed by atoms with van der Waals surface area (Å²) >= 11 is 5.95. The van der Waals surface area contributed by atoms with Crippen LogP contribution in [0, 0.1) is 0 Å². The molecular formula is C17H17ClN6O. The lowest BCUT2D eigenvalue weighted by Crippen LogP contribution is -2.26. The number of hydrogen-bond donors (Lipinski definition) is 1. The van der Waals surface area contributed by atoms with Crippen LogP contribution in [0.1, 0.15) is 30.3 Å². The molecule has 1 aliphatic rings. The lowest BCUT2D eigenvalue weighted by molar-refractivity contribution is 0.240. The van der Waals surface area contributed by atoms with Crippen molar-refractivity contribution in [3.63, 3.8) is 0 Å². The largest absolute Gasteiger partial charge is 0.382 e. The summed E-state index contributed by atoms with van der Waals surface area (Å²) in [5, 5.41) is 8.67. The Morgan fingerprint density at radius 1 is 1.24 bits per heavy atom. The fourth-order valence-corrected chi connectivity index (χ4v) is 3.46. The van der Waals surface area contributed by atoms with Crippen molar-refractivity contribution >= 4 is 23.1 Å². The van der Waals surface area contributed by atoms with Crippen LogP contribution in [-0.4, -0.2) is 31.0 Å². The molecule has 1 aliphatic heterocycles. The summed E-state index contributed by atoms with van der Waals surface area (Å²) in [6, 6.07) is 8.89. The van der Waals surface area contributed by atoms with E-state index in [1.807, 2.05) is 6.07 Å². The molecule has 0 saturated carbocycles. The fourth-order valence-electron chi connectivity index (χ4n) is 3.30. The standard InChI is InChI=1S/C17H17ClN6O/c18-11-3-6-16-20-12(8-17(25)24(16)9-11)10-23-7-1-2-14(23)13-4-5-15(19)22-21-13/h3-6,8-9,14H,1-2,7,10H2,(H2,19,22). The summed E-state index contributed by atoms with van der Waals surface area (Å²) in [7, 11) is 0. The van der Waals surface area contributed by atoms with Gasteiger partial charge in [0, 0.05) is 18.8 Å². The van der Waals surface area contributed by atoms with Crippen molar-refractivity contribution in [2.45, 2.75) is 25.4 Å². The van der Waals surface area contributed by atoms with Gasteiger partial charge in [-0.1, -0.05) is 11.6 Å². The van der Waals surface area contributed by atoms with Crippen LogP contribution in [0.4, 0.5) is 5.82 Å². The molecule has 7 nitrogen and oxygen atoms in total. The molecule has 128 valence electrons. The van der Waals surface area contributed by atoms with Crippen molar-refractivity contribution in [2.24, 2.45) is 0 Å². The number of likely N-dealkylation sites (tertiary alicyclic amines) is 1. The first-order valence-electron chi connectivity index (χ1n) is 8.11. The maximum atomic E-state index is 12.3. The molecule has 3 aromatic rings. The molecule has 0 bridgehead atoms. The Kier molecular flexibility index (Phi) is 4.10. The van der Waals surface area contributed by atoms with Gasteiger partial charge in [0.25, 0.3) is 5.56 Å². The van der Waals surface area contributed by atoms with Crippen LogP contribution in [0.5, 0.6) is 0 Å². The minimum Gasteiger partial charge on any atom is -0.382 e. The smallest absolute Gasteiger partial charge is 0.258 e. The van der Waals surface area contributed by atoms with Crippen LogP contribution in [0.15, 0.2) is 41.3 Å². The third kappa shape index (κ3) is 3.20. The summed E-state index contributed by atoms with van der Waals surface area (Å²) in [4.78, 5) is 19.2. The maximum Gasteiger partial charge on any atom is 0.258 e. The highest BCUT2D eigenvalue weighted by molar-refractivity contribution is 6.30. The number of halogens is 1. The number of anilines is 1. The van der Waals surface area contributed by atoms with E-state index in [4.69, 9.17) is 17.3 Å². The van der Waals surface area contributed by atoms with E-state index in [1.165, 1.54) is 4.40 Å². The first kappa shape index (κ1) is 16.0. The predicted molar refractivity (Wildman–Crippen MR) is 95.3 cm³/mol. The highest BCUT2D eigenvalue weighted by Crippen LogP contribution is 2.31. The highest BCUT2D eigenvalue weighted by Gasteiger charge is 2.27. The Hall–Kier alpha value is -2.51. The van der Waals surface area contributed by atoms with Crippen molar-refractivity contribution in [3.05, 3.63) is 63.3 Å². The summed E-state index contributed by atoms with van der Waals surface area (Å²) in [5.74, 6) is 0.413. The van der Waals surface area contributed by atoms with Gasteiger partial charge in [-0.05, 0) is 43.7 Å². The highest BCUT2D eigenvalue weighted by atomic mass is 35.5. The molecule has 4 heterocycles.